The molecule has 0 fully saturated rings. The lowest BCUT2D eigenvalue weighted by Gasteiger charge is -2.10. The lowest BCUT2D eigenvalue weighted by Crippen LogP contribution is -2.02. The van der Waals surface area contributed by atoms with Crippen LogP contribution in [0.3, 0.4) is 0 Å². The summed E-state index contributed by atoms with van der Waals surface area (Å²) in [5.41, 5.74) is 6.77. The molecule has 1 aliphatic heterocycles. The van der Waals surface area contributed by atoms with Crippen molar-refractivity contribution in [3.8, 4) is 5.75 Å². The molecule has 1 aromatic heterocycles. The minimum atomic E-state index is 0.658. The number of fused-ring (bicyclic) bond motifs is 1. The van der Waals surface area contributed by atoms with Crippen molar-refractivity contribution in [2.75, 3.05) is 12.8 Å². The molecular weight excluding hydrogens is 272 g/mol. The van der Waals surface area contributed by atoms with Gasteiger partial charge in [-0.3, -0.25) is 0 Å². The molecule has 0 saturated carbocycles. The van der Waals surface area contributed by atoms with Crippen molar-refractivity contribution >= 4 is 17.4 Å². The number of rotatable bonds is 3. The maximum absolute atomic E-state index is 6.11. The molecular formula is C14H18N4OS. The number of nitrogen functional groups attached to an aromatic ring is 1. The predicted octanol–water partition coefficient (Wildman–Crippen LogP) is 2.75. The Balaban J connectivity index is 1.90. The highest BCUT2D eigenvalue weighted by Gasteiger charge is 2.17. The van der Waals surface area contributed by atoms with E-state index in [1.54, 1.807) is 18.9 Å². The molecule has 0 aliphatic carbocycles. The molecule has 0 radical (unpaired) electrons. The number of hydrogen-bond donors (Lipinski definition) is 1. The second kappa shape index (κ2) is 5.75. The number of nitrogens with zero attached hydrogens (tertiary/aromatic N) is 3. The Bertz CT molecular complexity index is 611. The molecule has 106 valence electrons. The average molecular weight is 290 g/mol. The largest absolute Gasteiger partial charge is 0.495 e. The fourth-order valence-electron chi connectivity index (χ4n) is 2.42. The number of methoxy groups -OCH3 is 1. The standard InChI is InChI=1S/C14H18N4OS/c1-19-10-6-5-7-11(13(10)15)20-14-17-16-12-8-3-2-4-9-18(12)14/h5-7H,2-4,8-9,15H2,1H3. The third-order valence-corrected chi connectivity index (χ3v) is 4.58. The van der Waals surface area contributed by atoms with Gasteiger partial charge in [-0.15, -0.1) is 10.2 Å². The minimum Gasteiger partial charge on any atom is -0.495 e. The summed E-state index contributed by atoms with van der Waals surface area (Å²) in [7, 11) is 1.63. The van der Waals surface area contributed by atoms with E-state index in [4.69, 9.17) is 10.5 Å². The van der Waals surface area contributed by atoms with Crippen LogP contribution in [0.15, 0.2) is 28.3 Å². The highest BCUT2D eigenvalue weighted by atomic mass is 32.2. The smallest absolute Gasteiger partial charge is 0.196 e. The Kier molecular flexibility index (Phi) is 3.82. The lowest BCUT2D eigenvalue weighted by atomic mass is 10.2. The van der Waals surface area contributed by atoms with E-state index in [2.05, 4.69) is 14.8 Å². The first-order valence-corrected chi connectivity index (χ1v) is 7.63. The summed E-state index contributed by atoms with van der Waals surface area (Å²) in [4.78, 5) is 0.962. The van der Waals surface area contributed by atoms with Gasteiger partial charge in [-0.25, -0.2) is 0 Å². The highest BCUT2D eigenvalue weighted by Crippen LogP contribution is 2.36. The van der Waals surface area contributed by atoms with E-state index in [1.807, 2.05) is 18.2 Å². The summed E-state index contributed by atoms with van der Waals surface area (Å²) < 4.78 is 7.48. The fourth-order valence-corrected chi connectivity index (χ4v) is 3.37. The Hall–Kier alpha value is -1.69. The van der Waals surface area contributed by atoms with Gasteiger partial charge >= 0.3 is 0 Å². The second-order valence-electron chi connectivity index (χ2n) is 4.84. The molecule has 2 N–H and O–H groups in total. The third kappa shape index (κ3) is 2.47. The SMILES string of the molecule is COc1cccc(Sc2nnc3n2CCCCC3)c1N. The number of para-hydroxylation sites is 1. The first-order chi connectivity index (χ1) is 9.79. The van der Waals surface area contributed by atoms with Gasteiger partial charge in [0.05, 0.1) is 12.8 Å². The summed E-state index contributed by atoms with van der Waals surface area (Å²) in [6.07, 6.45) is 4.66. The van der Waals surface area contributed by atoms with Crippen molar-refractivity contribution in [3.63, 3.8) is 0 Å². The van der Waals surface area contributed by atoms with Crippen molar-refractivity contribution in [1.82, 2.24) is 14.8 Å². The first-order valence-electron chi connectivity index (χ1n) is 6.82. The number of hydrogen-bond acceptors (Lipinski definition) is 5. The minimum absolute atomic E-state index is 0.658. The van der Waals surface area contributed by atoms with E-state index in [9.17, 15) is 0 Å². The molecule has 6 heteroatoms. The topological polar surface area (TPSA) is 66.0 Å². The molecule has 2 aromatic rings. The van der Waals surface area contributed by atoms with Gasteiger partial charge in [0, 0.05) is 17.9 Å². The molecule has 0 spiro atoms. The van der Waals surface area contributed by atoms with Gasteiger partial charge in [0.15, 0.2) is 5.16 Å². The fraction of sp³-hybridized carbons (Fsp3) is 0.429. The highest BCUT2D eigenvalue weighted by molar-refractivity contribution is 7.99. The lowest BCUT2D eigenvalue weighted by molar-refractivity contribution is 0.416. The molecule has 20 heavy (non-hydrogen) atoms. The van der Waals surface area contributed by atoms with Crippen LogP contribution < -0.4 is 10.5 Å². The van der Waals surface area contributed by atoms with Gasteiger partial charge < -0.3 is 15.0 Å². The summed E-state index contributed by atoms with van der Waals surface area (Å²) >= 11 is 1.56. The van der Waals surface area contributed by atoms with Gasteiger partial charge in [0.2, 0.25) is 0 Å². The molecule has 1 aliphatic rings. The zero-order chi connectivity index (χ0) is 13.9. The van der Waals surface area contributed by atoms with Crippen molar-refractivity contribution < 1.29 is 4.74 Å². The monoisotopic (exact) mass is 290 g/mol. The van der Waals surface area contributed by atoms with Crippen molar-refractivity contribution in [1.29, 1.82) is 0 Å². The van der Waals surface area contributed by atoms with Gasteiger partial charge in [-0.05, 0) is 36.7 Å². The predicted molar refractivity (Wildman–Crippen MR) is 79.1 cm³/mol. The zero-order valence-electron chi connectivity index (χ0n) is 11.5. The van der Waals surface area contributed by atoms with Crippen molar-refractivity contribution in [2.45, 2.75) is 42.3 Å². The summed E-state index contributed by atoms with van der Waals surface area (Å²) in [6, 6.07) is 5.79. The van der Waals surface area contributed by atoms with Crippen LogP contribution in [0, 0.1) is 0 Å². The van der Waals surface area contributed by atoms with Crippen LogP contribution in [-0.2, 0) is 13.0 Å². The van der Waals surface area contributed by atoms with Gasteiger partial charge in [-0.2, -0.15) is 0 Å². The number of aromatic nitrogens is 3. The Morgan fingerprint density at radius 2 is 2.15 bits per heavy atom. The van der Waals surface area contributed by atoms with Crippen LogP contribution in [0.1, 0.15) is 25.1 Å². The maximum atomic E-state index is 6.11. The summed E-state index contributed by atoms with van der Waals surface area (Å²) in [6.45, 7) is 0.995. The number of ether oxygens (including phenoxy) is 1. The molecule has 0 unspecified atom stereocenters. The van der Waals surface area contributed by atoms with E-state index in [-0.39, 0.29) is 0 Å². The van der Waals surface area contributed by atoms with E-state index >= 15 is 0 Å². The number of aryl methyl sites for hydroxylation is 1. The van der Waals surface area contributed by atoms with Crippen LogP contribution >= 0.6 is 11.8 Å². The van der Waals surface area contributed by atoms with Crippen LogP contribution in [0.5, 0.6) is 5.75 Å². The molecule has 0 saturated heterocycles. The van der Waals surface area contributed by atoms with Crippen LogP contribution in [0.4, 0.5) is 5.69 Å². The average Bonchev–Trinajstić information content (AvgIpc) is 2.70. The van der Waals surface area contributed by atoms with E-state index in [1.165, 1.54) is 19.3 Å². The maximum Gasteiger partial charge on any atom is 0.196 e. The summed E-state index contributed by atoms with van der Waals surface area (Å²) in [5.74, 6) is 1.79. The normalized spacial score (nSPS) is 14.7. The van der Waals surface area contributed by atoms with Gasteiger partial charge in [0.25, 0.3) is 0 Å². The number of benzene rings is 1. The summed E-state index contributed by atoms with van der Waals surface area (Å²) in [5, 5.41) is 9.53. The Morgan fingerprint density at radius 3 is 3.00 bits per heavy atom. The number of anilines is 1. The Labute approximate surface area is 122 Å². The molecule has 1 aromatic carbocycles. The van der Waals surface area contributed by atoms with E-state index in [0.29, 0.717) is 11.4 Å². The van der Waals surface area contributed by atoms with Gasteiger partial charge in [0.1, 0.15) is 11.6 Å². The number of nitrogens with two attached hydrogens (primary N) is 1. The van der Waals surface area contributed by atoms with Crippen LogP contribution in [0.25, 0.3) is 0 Å². The molecule has 0 atom stereocenters. The molecule has 2 heterocycles. The molecule has 0 bridgehead atoms. The van der Waals surface area contributed by atoms with Crippen molar-refractivity contribution in [2.24, 2.45) is 0 Å². The third-order valence-electron chi connectivity index (χ3n) is 3.52. The zero-order valence-corrected chi connectivity index (χ0v) is 12.3. The molecule has 0 amide bonds. The molecule has 5 nitrogen and oxygen atoms in total. The van der Waals surface area contributed by atoms with Crippen LogP contribution in [-0.4, -0.2) is 21.9 Å². The van der Waals surface area contributed by atoms with E-state index in [0.717, 1.165) is 28.8 Å². The quantitative estimate of drug-likeness (QED) is 0.880. The molecule has 3 rings (SSSR count). The second-order valence-corrected chi connectivity index (χ2v) is 5.84. The van der Waals surface area contributed by atoms with Gasteiger partial charge in [-0.1, -0.05) is 12.5 Å². The van der Waals surface area contributed by atoms with Crippen molar-refractivity contribution in [3.05, 3.63) is 24.0 Å². The Morgan fingerprint density at radius 1 is 1.25 bits per heavy atom. The van der Waals surface area contributed by atoms with E-state index < -0.39 is 0 Å². The van der Waals surface area contributed by atoms with Crippen LogP contribution in [0.2, 0.25) is 0 Å². The first kappa shape index (κ1) is 13.3.